The van der Waals surface area contributed by atoms with Crippen molar-refractivity contribution in [2.45, 2.75) is 58.1 Å². The van der Waals surface area contributed by atoms with E-state index >= 15 is 0 Å². The van der Waals surface area contributed by atoms with Gasteiger partial charge in [-0.25, -0.2) is 9.97 Å². The molecule has 0 amide bonds. The summed E-state index contributed by atoms with van der Waals surface area (Å²) in [4.78, 5) is 9.11. The van der Waals surface area contributed by atoms with Crippen LogP contribution in [-0.4, -0.2) is 29.2 Å². The van der Waals surface area contributed by atoms with Gasteiger partial charge in [0, 0.05) is 30.0 Å². The quantitative estimate of drug-likeness (QED) is 0.883. The van der Waals surface area contributed by atoms with E-state index in [0.717, 1.165) is 23.6 Å². The van der Waals surface area contributed by atoms with E-state index in [4.69, 9.17) is 15.5 Å². The zero-order valence-corrected chi connectivity index (χ0v) is 12.7. The Bertz CT molecular complexity index is 525. The molecule has 1 heterocycles. The molecule has 2 unspecified atom stereocenters. The predicted molar refractivity (Wildman–Crippen MR) is 79.8 cm³/mol. The van der Waals surface area contributed by atoms with E-state index in [-0.39, 0.29) is 5.41 Å². The molecule has 2 aliphatic rings. The number of nitrogens with one attached hydrogen (secondary N) is 1. The van der Waals surface area contributed by atoms with Crippen molar-refractivity contribution in [3.05, 3.63) is 11.4 Å². The summed E-state index contributed by atoms with van der Waals surface area (Å²) < 4.78 is 5.50. The van der Waals surface area contributed by atoms with Crippen molar-refractivity contribution in [2.75, 3.05) is 18.2 Å². The number of nitrogen functional groups attached to an aromatic ring is 1. The maximum Gasteiger partial charge on any atom is 0.136 e. The summed E-state index contributed by atoms with van der Waals surface area (Å²) >= 11 is 0. The molecule has 3 N–H and O–H groups in total. The molecule has 20 heavy (non-hydrogen) atoms. The molecule has 0 radical (unpaired) electrons. The normalized spacial score (nSPS) is 28.0. The van der Waals surface area contributed by atoms with Crippen molar-refractivity contribution in [1.82, 2.24) is 9.97 Å². The number of anilines is 2. The van der Waals surface area contributed by atoms with Crippen LogP contribution in [0.5, 0.6) is 0 Å². The highest BCUT2D eigenvalue weighted by Crippen LogP contribution is 2.45. The van der Waals surface area contributed by atoms with Gasteiger partial charge in [-0.05, 0) is 26.2 Å². The second kappa shape index (κ2) is 4.58. The first-order valence-electron chi connectivity index (χ1n) is 7.36. The zero-order chi connectivity index (χ0) is 14.5. The second-order valence-electron chi connectivity index (χ2n) is 6.69. The van der Waals surface area contributed by atoms with Crippen molar-refractivity contribution in [2.24, 2.45) is 5.41 Å². The summed E-state index contributed by atoms with van der Waals surface area (Å²) in [5, 5.41) is 3.55. The van der Waals surface area contributed by atoms with Crippen LogP contribution in [0.3, 0.4) is 0 Å². The average Bonchev–Trinajstić information content (AvgIpc) is 3.22. The largest absolute Gasteiger partial charge is 0.383 e. The Morgan fingerprint density at radius 3 is 2.55 bits per heavy atom. The molecule has 2 atom stereocenters. The van der Waals surface area contributed by atoms with Gasteiger partial charge in [-0.1, -0.05) is 13.8 Å². The Morgan fingerprint density at radius 2 is 2.00 bits per heavy atom. The molecule has 0 aromatic carbocycles. The zero-order valence-electron chi connectivity index (χ0n) is 12.7. The lowest BCUT2D eigenvalue weighted by molar-refractivity contribution is -0.0795. The first kappa shape index (κ1) is 13.6. The smallest absolute Gasteiger partial charge is 0.136 e. The van der Waals surface area contributed by atoms with Gasteiger partial charge in [0.25, 0.3) is 0 Å². The van der Waals surface area contributed by atoms with Gasteiger partial charge in [0.2, 0.25) is 0 Å². The topological polar surface area (TPSA) is 73.1 Å². The van der Waals surface area contributed by atoms with Crippen LogP contribution in [0.25, 0.3) is 0 Å². The van der Waals surface area contributed by atoms with Crippen molar-refractivity contribution in [1.29, 1.82) is 0 Å². The standard InChI is InChI=1S/C15H24N4O/c1-8-12(16)18-14(9-5-6-9)19-13(8)17-10-7-11(20-4)15(10,2)3/h9-11H,5-7H2,1-4H3,(H3,16,17,18,19). The molecule has 0 spiro atoms. The molecule has 5 nitrogen and oxygen atoms in total. The van der Waals surface area contributed by atoms with Gasteiger partial charge in [0.05, 0.1) is 6.10 Å². The van der Waals surface area contributed by atoms with Gasteiger partial charge >= 0.3 is 0 Å². The highest BCUT2D eigenvalue weighted by atomic mass is 16.5. The summed E-state index contributed by atoms with van der Waals surface area (Å²) in [5.41, 5.74) is 7.09. The number of methoxy groups -OCH3 is 1. The van der Waals surface area contributed by atoms with Gasteiger partial charge in [-0.3, -0.25) is 0 Å². The van der Waals surface area contributed by atoms with Crippen LogP contribution >= 0.6 is 0 Å². The number of nitrogens with zero attached hydrogens (tertiary/aromatic N) is 2. The molecule has 2 saturated carbocycles. The molecule has 110 valence electrons. The third-order valence-corrected chi connectivity index (χ3v) is 4.92. The van der Waals surface area contributed by atoms with Crippen molar-refractivity contribution in [3.63, 3.8) is 0 Å². The number of rotatable bonds is 4. The molecule has 2 aliphatic carbocycles. The van der Waals surface area contributed by atoms with Crippen LogP contribution in [0.2, 0.25) is 0 Å². The Morgan fingerprint density at radius 1 is 1.30 bits per heavy atom. The number of hydrogen-bond acceptors (Lipinski definition) is 5. The number of ether oxygens (including phenoxy) is 1. The lowest BCUT2D eigenvalue weighted by Crippen LogP contribution is -2.57. The van der Waals surface area contributed by atoms with E-state index in [1.807, 2.05) is 6.92 Å². The van der Waals surface area contributed by atoms with E-state index in [9.17, 15) is 0 Å². The first-order valence-corrected chi connectivity index (χ1v) is 7.36. The maximum atomic E-state index is 6.03. The second-order valence-corrected chi connectivity index (χ2v) is 6.69. The van der Waals surface area contributed by atoms with Crippen molar-refractivity contribution < 1.29 is 4.74 Å². The SMILES string of the molecule is COC1CC(Nc2nc(C3CC3)nc(N)c2C)C1(C)C. The average molecular weight is 276 g/mol. The third kappa shape index (κ3) is 2.14. The minimum absolute atomic E-state index is 0.112. The summed E-state index contributed by atoms with van der Waals surface area (Å²) in [6.45, 7) is 6.43. The van der Waals surface area contributed by atoms with Crippen LogP contribution in [-0.2, 0) is 4.74 Å². The van der Waals surface area contributed by atoms with Gasteiger partial charge in [0.1, 0.15) is 17.5 Å². The molecular formula is C15H24N4O. The highest BCUT2D eigenvalue weighted by molar-refractivity contribution is 5.56. The van der Waals surface area contributed by atoms with E-state index in [1.165, 1.54) is 12.8 Å². The number of aromatic nitrogens is 2. The fourth-order valence-electron chi connectivity index (χ4n) is 2.91. The van der Waals surface area contributed by atoms with Crippen LogP contribution in [0.4, 0.5) is 11.6 Å². The van der Waals surface area contributed by atoms with E-state index in [2.05, 4.69) is 24.1 Å². The minimum Gasteiger partial charge on any atom is -0.383 e. The predicted octanol–water partition coefficient (Wildman–Crippen LogP) is 2.47. The lowest BCUT2D eigenvalue weighted by atomic mass is 9.64. The Balaban J connectivity index is 1.81. The molecule has 0 saturated heterocycles. The third-order valence-electron chi connectivity index (χ3n) is 4.92. The van der Waals surface area contributed by atoms with Gasteiger partial charge in [-0.2, -0.15) is 0 Å². The lowest BCUT2D eigenvalue weighted by Gasteiger charge is -2.51. The Hall–Kier alpha value is -1.36. The van der Waals surface area contributed by atoms with Crippen molar-refractivity contribution in [3.8, 4) is 0 Å². The molecule has 2 fully saturated rings. The van der Waals surface area contributed by atoms with E-state index in [0.29, 0.717) is 23.9 Å². The molecule has 1 aromatic rings. The van der Waals surface area contributed by atoms with Crippen LogP contribution < -0.4 is 11.1 Å². The summed E-state index contributed by atoms with van der Waals surface area (Å²) in [5.74, 6) is 2.91. The molecule has 0 bridgehead atoms. The Labute approximate surface area is 120 Å². The highest BCUT2D eigenvalue weighted by Gasteiger charge is 2.49. The fraction of sp³-hybridized carbons (Fsp3) is 0.733. The monoisotopic (exact) mass is 276 g/mol. The Kier molecular flexibility index (Phi) is 3.12. The maximum absolute atomic E-state index is 6.03. The van der Waals surface area contributed by atoms with Gasteiger partial charge in [0.15, 0.2) is 0 Å². The molecule has 1 aromatic heterocycles. The molecule has 3 rings (SSSR count). The van der Waals surface area contributed by atoms with Crippen LogP contribution in [0.15, 0.2) is 0 Å². The molecule has 5 heteroatoms. The minimum atomic E-state index is 0.112. The first-order chi connectivity index (χ1) is 9.43. The molecular weight excluding hydrogens is 252 g/mol. The van der Waals surface area contributed by atoms with E-state index < -0.39 is 0 Å². The van der Waals surface area contributed by atoms with Crippen LogP contribution in [0, 0.1) is 12.3 Å². The summed E-state index contributed by atoms with van der Waals surface area (Å²) in [6.07, 6.45) is 3.68. The summed E-state index contributed by atoms with van der Waals surface area (Å²) in [6, 6.07) is 0.368. The van der Waals surface area contributed by atoms with Gasteiger partial charge < -0.3 is 15.8 Å². The number of nitrogens with two attached hydrogens (primary N) is 1. The van der Waals surface area contributed by atoms with Gasteiger partial charge in [-0.15, -0.1) is 0 Å². The molecule has 0 aliphatic heterocycles. The fourth-order valence-corrected chi connectivity index (χ4v) is 2.91. The number of hydrogen-bond donors (Lipinski definition) is 2. The van der Waals surface area contributed by atoms with Crippen LogP contribution in [0.1, 0.15) is 50.4 Å². The summed E-state index contributed by atoms with van der Waals surface area (Å²) in [7, 11) is 1.78. The van der Waals surface area contributed by atoms with Crippen molar-refractivity contribution >= 4 is 11.6 Å². The van der Waals surface area contributed by atoms with E-state index in [1.54, 1.807) is 7.11 Å².